The Morgan fingerprint density at radius 3 is 2.79 bits per heavy atom. The summed E-state index contributed by atoms with van der Waals surface area (Å²) in [5.74, 6) is -0.233. The van der Waals surface area contributed by atoms with Crippen molar-refractivity contribution in [2.24, 2.45) is 0 Å². The maximum atomic E-state index is 10.5. The highest BCUT2D eigenvalue weighted by atomic mass is 79.9. The smallest absolute Gasteiger partial charge is 0.306 e. The molecule has 0 radical (unpaired) electrons. The van der Waals surface area contributed by atoms with Gasteiger partial charge in [0.15, 0.2) is 0 Å². The molecular formula is C13H18BrNO4. The molecule has 0 spiro atoms. The van der Waals surface area contributed by atoms with Gasteiger partial charge >= 0.3 is 5.97 Å². The number of methoxy groups -OCH3 is 1. The molecule has 0 heterocycles. The molecule has 19 heavy (non-hydrogen) atoms. The molecule has 1 atom stereocenters. The third kappa shape index (κ3) is 5.59. The minimum Gasteiger partial charge on any atom is -0.496 e. The van der Waals surface area contributed by atoms with Crippen LogP contribution in [0.2, 0.25) is 0 Å². The molecule has 0 saturated heterocycles. The van der Waals surface area contributed by atoms with Gasteiger partial charge in [-0.1, -0.05) is 15.9 Å². The van der Waals surface area contributed by atoms with Crippen molar-refractivity contribution in [3.63, 3.8) is 0 Å². The summed E-state index contributed by atoms with van der Waals surface area (Å²) in [7, 11) is 3.43. The summed E-state index contributed by atoms with van der Waals surface area (Å²) < 4.78 is 6.21. The summed E-state index contributed by atoms with van der Waals surface area (Å²) in [6, 6.07) is 5.70. The fourth-order valence-corrected chi connectivity index (χ4v) is 2.26. The number of hydrogen-bond acceptors (Lipinski definition) is 4. The molecule has 0 bridgehead atoms. The van der Waals surface area contributed by atoms with Crippen molar-refractivity contribution in [3.8, 4) is 5.75 Å². The van der Waals surface area contributed by atoms with Crippen molar-refractivity contribution in [2.75, 3.05) is 20.7 Å². The lowest BCUT2D eigenvalue weighted by atomic mass is 10.1. The van der Waals surface area contributed by atoms with Crippen LogP contribution in [-0.2, 0) is 11.3 Å². The molecule has 1 unspecified atom stereocenters. The molecule has 0 fully saturated rings. The lowest BCUT2D eigenvalue weighted by Crippen LogP contribution is -2.30. The van der Waals surface area contributed by atoms with Gasteiger partial charge in [-0.3, -0.25) is 9.69 Å². The predicted molar refractivity (Wildman–Crippen MR) is 75.3 cm³/mol. The first kappa shape index (κ1) is 15.9. The number of aliphatic hydroxyl groups is 1. The number of likely N-dealkylation sites (N-methyl/N-ethyl adjacent to an activating group) is 1. The van der Waals surface area contributed by atoms with Crippen LogP contribution in [0.15, 0.2) is 22.7 Å². The summed E-state index contributed by atoms with van der Waals surface area (Å²) in [6.45, 7) is 0.862. The summed E-state index contributed by atoms with van der Waals surface area (Å²) in [4.78, 5) is 12.3. The first-order chi connectivity index (χ1) is 8.92. The van der Waals surface area contributed by atoms with Gasteiger partial charge in [0.25, 0.3) is 0 Å². The normalized spacial score (nSPS) is 12.5. The van der Waals surface area contributed by atoms with E-state index in [1.807, 2.05) is 30.1 Å². The number of benzene rings is 1. The van der Waals surface area contributed by atoms with Gasteiger partial charge in [0.2, 0.25) is 0 Å². The van der Waals surface area contributed by atoms with Crippen LogP contribution in [-0.4, -0.2) is 47.9 Å². The Kier molecular flexibility index (Phi) is 6.27. The van der Waals surface area contributed by atoms with Gasteiger partial charge in [-0.2, -0.15) is 0 Å². The summed E-state index contributed by atoms with van der Waals surface area (Å²) in [5, 5.41) is 18.2. The van der Waals surface area contributed by atoms with E-state index in [0.29, 0.717) is 13.1 Å². The number of aliphatic carboxylic acids is 1. The molecule has 0 amide bonds. The van der Waals surface area contributed by atoms with Crippen molar-refractivity contribution in [3.05, 3.63) is 28.2 Å². The fourth-order valence-electron chi connectivity index (χ4n) is 1.85. The van der Waals surface area contributed by atoms with Gasteiger partial charge in [0.05, 0.1) is 19.6 Å². The molecule has 0 aliphatic rings. The fraction of sp³-hybridized carbons (Fsp3) is 0.462. The number of nitrogens with zero attached hydrogens (tertiary/aromatic N) is 1. The molecule has 1 aromatic carbocycles. The Morgan fingerprint density at radius 1 is 1.53 bits per heavy atom. The maximum Gasteiger partial charge on any atom is 0.306 e. The average Bonchev–Trinajstić information content (AvgIpc) is 2.27. The highest BCUT2D eigenvalue weighted by molar-refractivity contribution is 9.10. The van der Waals surface area contributed by atoms with E-state index < -0.39 is 12.1 Å². The number of halogens is 1. The Morgan fingerprint density at radius 2 is 2.21 bits per heavy atom. The van der Waals surface area contributed by atoms with Crippen LogP contribution >= 0.6 is 15.9 Å². The van der Waals surface area contributed by atoms with Gasteiger partial charge in [-0.15, -0.1) is 0 Å². The Bertz CT molecular complexity index is 439. The van der Waals surface area contributed by atoms with E-state index >= 15 is 0 Å². The van der Waals surface area contributed by atoms with Gasteiger partial charge in [-0.05, 0) is 25.2 Å². The van der Waals surface area contributed by atoms with Gasteiger partial charge in [0, 0.05) is 23.1 Å². The molecular weight excluding hydrogens is 314 g/mol. The number of aliphatic hydroxyl groups excluding tert-OH is 1. The molecule has 0 saturated carbocycles. The lowest BCUT2D eigenvalue weighted by Gasteiger charge is -2.21. The SMILES string of the molecule is COc1ccc(Br)cc1CN(C)CC(O)CC(=O)O. The average molecular weight is 332 g/mol. The van der Waals surface area contributed by atoms with Gasteiger partial charge < -0.3 is 14.9 Å². The number of carbonyl (C=O) groups is 1. The predicted octanol–water partition coefficient (Wildman–Crippen LogP) is 1.73. The first-order valence-corrected chi connectivity index (χ1v) is 6.62. The molecule has 1 rings (SSSR count). The number of ether oxygens (including phenoxy) is 1. The van der Waals surface area contributed by atoms with Crippen LogP contribution in [0, 0.1) is 0 Å². The molecule has 106 valence electrons. The monoisotopic (exact) mass is 331 g/mol. The molecule has 1 aromatic rings. The summed E-state index contributed by atoms with van der Waals surface area (Å²) >= 11 is 3.40. The van der Waals surface area contributed by atoms with E-state index in [2.05, 4.69) is 15.9 Å². The highest BCUT2D eigenvalue weighted by Gasteiger charge is 2.14. The van der Waals surface area contributed by atoms with Crippen molar-refractivity contribution in [2.45, 2.75) is 19.1 Å². The van der Waals surface area contributed by atoms with E-state index in [1.54, 1.807) is 7.11 Å². The second-order valence-corrected chi connectivity index (χ2v) is 5.32. The third-order valence-corrected chi connectivity index (χ3v) is 3.11. The first-order valence-electron chi connectivity index (χ1n) is 5.83. The van der Waals surface area contributed by atoms with E-state index in [-0.39, 0.29) is 6.42 Å². The topological polar surface area (TPSA) is 70.0 Å². The minimum atomic E-state index is -0.999. The molecule has 0 aromatic heterocycles. The van der Waals surface area contributed by atoms with E-state index in [9.17, 15) is 9.90 Å². The zero-order valence-electron chi connectivity index (χ0n) is 11.0. The zero-order valence-corrected chi connectivity index (χ0v) is 12.6. The van der Waals surface area contributed by atoms with Crippen molar-refractivity contribution in [1.82, 2.24) is 4.90 Å². The standard InChI is InChI=1S/C13H18BrNO4/c1-15(8-11(16)6-13(17)18)7-9-5-10(14)3-4-12(9)19-2/h3-5,11,16H,6-8H2,1-2H3,(H,17,18). The maximum absolute atomic E-state index is 10.5. The minimum absolute atomic E-state index is 0.250. The number of rotatable bonds is 7. The molecule has 0 aliphatic carbocycles. The second-order valence-electron chi connectivity index (χ2n) is 4.40. The molecule has 2 N–H and O–H groups in total. The Balaban J connectivity index is 2.63. The van der Waals surface area contributed by atoms with Crippen molar-refractivity contribution in [1.29, 1.82) is 0 Å². The van der Waals surface area contributed by atoms with Gasteiger partial charge in [0.1, 0.15) is 5.75 Å². The van der Waals surface area contributed by atoms with Crippen LogP contribution in [0.1, 0.15) is 12.0 Å². The van der Waals surface area contributed by atoms with E-state index in [0.717, 1.165) is 15.8 Å². The van der Waals surface area contributed by atoms with Crippen LogP contribution in [0.5, 0.6) is 5.75 Å². The quantitative estimate of drug-likeness (QED) is 0.796. The number of carboxylic acids is 1. The van der Waals surface area contributed by atoms with Crippen molar-refractivity contribution < 1.29 is 19.7 Å². The molecule has 0 aliphatic heterocycles. The molecule has 6 heteroatoms. The Labute approximate surface area is 120 Å². The van der Waals surface area contributed by atoms with E-state index in [4.69, 9.17) is 9.84 Å². The summed E-state index contributed by atoms with van der Waals surface area (Å²) in [5.41, 5.74) is 0.974. The van der Waals surface area contributed by atoms with Crippen LogP contribution < -0.4 is 4.74 Å². The van der Waals surface area contributed by atoms with Crippen LogP contribution in [0.4, 0.5) is 0 Å². The summed E-state index contributed by atoms with van der Waals surface area (Å²) in [6.07, 6.45) is -1.12. The van der Waals surface area contributed by atoms with E-state index in [1.165, 1.54) is 0 Å². The Hall–Kier alpha value is -1.11. The second kappa shape index (κ2) is 7.47. The van der Waals surface area contributed by atoms with Crippen molar-refractivity contribution >= 4 is 21.9 Å². The highest BCUT2D eigenvalue weighted by Crippen LogP contribution is 2.24. The van der Waals surface area contributed by atoms with Crippen LogP contribution in [0.3, 0.4) is 0 Å². The zero-order chi connectivity index (χ0) is 14.4. The number of carboxylic acid groups (broad SMARTS) is 1. The van der Waals surface area contributed by atoms with Gasteiger partial charge in [-0.25, -0.2) is 0 Å². The lowest BCUT2D eigenvalue weighted by molar-refractivity contribution is -0.139. The largest absolute Gasteiger partial charge is 0.496 e. The van der Waals surface area contributed by atoms with Crippen LogP contribution in [0.25, 0.3) is 0 Å². The molecule has 5 nitrogen and oxygen atoms in total. The number of hydrogen-bond donors (Lipinski definition) is 2. The third-order valence-electron chi connectivity index (χ3n) is 2.62.